The normalized spacial score (nSPS) is 12.5. The predicted octanol–water partition coefficient (Wildman–Crippen LogP) is 3.14. The quantitative estimate of drug-likeness (QED) is 0.872. The summed E-state index contributed by atoms with van der Waals surface area (Å²) in [6.45, 7) is 5.40. The van der Waals surface area contributed by atoms with Gasteiger partial charge in [-0.3, -0.25) is 0 Å². The van der Waals surface area contributed by atoms with E-state index in [0.717, 1.165) is 42.4 Å². The molecule has 0 bridgehead atoms. The molecule has 0 aliphatic carbocycles. The average molecular weight is 293 g/mol. The summed E-state index contributed by atoms with van der Waals surface area (Å²) in [6.07, 6.45) is 0.970. The molecular weight excluding hydrogens is 274 g/mol. The Labute approximate surface area is 131 Å². The molecule has 1 aromatic heterocycles. The van der Waals surface area contributed by atoms with Crippen LogP contribution in [0.1, 0.15) is 27.9 Å². The van der Waals surface area contributed by atoms with Crippen molar-refractivity contribution in [1.29, 1.82) is 5.26 Å². The van der Waals surface area contributed by atoms with Crippen molar-refractivity contribution < 1.29 is 4.74 Å². The fourth-order valence-corrected chi connectivity index (χ4v) is 2.92. The van der Waals surface area contributed by atoms with Gasteiger partial charge in [-0.2, -0.15) is 5.26 Å². The monoisotopic (exact) mass is 293 g/mol. The first-order valence-electron chi connectivity index (χ1n) is 7.42. The van der Waals surface area contributed by atoms with Crippen LogP contribution in [-0.2, 0) is 13.0 Å². The first-order chi connectivity index (χ1) is 10.6. The van der Waals surface area contributed by atoms with Crippen molar-refractivity contribution in [3.05, 3.63) is 52.2 Å². The van der Waals surface area contributed by atoms with Crippen LogP contribution in [0.15, 0.2) is 24.3 Å². The van der Waals surface area contributed by atoms with Gasteiger partial charge in [0.05, 0.1) is 12.2 Å². The van der Waals surface area contributed by atoms with E-state index in [9.17, 15) is 5.26 Å². The molecule has 3 rings (SSSR count). The highest BCUT2D eigenvalue weighted by molar-refractivity contribution is 5.58. The van der Waals surface area contributed by atoms with Gasteiger partial charge in [0.15, 0.2) is 0 Å². The van der Waals surface area contributed by atoms with E-state index in [1.807, 2.05) is 37.9 Å². The van der Waals surface area contributed by atoms with Gasteiger partial charge in [0.25, 0.3) is 0 Å². The number of ether oxygens (including phenoxy) is 1. The van der Waals surface area contributed by atoms with Crippen molar-refractivity contribution in [3.8, 4) is 11.8 Å². The molecule has 4 nitrogen and oxygen atoms in total. The van der Waals surface area contributed by atoms with Gasteiger partial charge in [0.2, 0.25) is 0 Å². The number of nitrogens with zero attached hydrogens (tertiary/aromatic N) is 3. The maximum Gasteiger partial charge on any atom is 0.147 e. The van der Waals surface area contributed by atoms with Crippen LogP contribution in [0, 0.1) is 25.2 Å². The van der Waals surface area contributed by atoms with Crippen molar-refractivity contribution in [3.63, 3.8) is 0 Å². The molecule has 112 valence electrons. The van der Waals surface area contributed by atoms with Crippen molar-refractivity contribution in [1.82, 2.24) is 4.98 Å². The third kappa shape index (κ3) is 2.62. The number of fused-ring (bicyclic) bond motifs is 1. The second kappa shape index (κ2) is 5.69. The molecule has 0 fully saturated rings. The zero-order valence-electron chi connectivity index (χ0n) is 13.2. The van der Waals surface area contributed by atoms with E-state index < -0.39 is 0 Å². The van der Waals surface area contributed by atoms with Crippen LogP contribution in [0.3, 0.4) is 0 Å². The molecule has 0 N–H and O–H groups in total. The highest BCUT2D eigenvalue weighted by Crippen LogP contribution is 2.27. The molecule has 1 aromatic carbocycles. The molecule has 0 atom stereocenters. The molecule has 0 saturated carbocycles. The average Bonchev–Trinajstić information content (AvgIpc) is 2.94. The number of rotatable bonds is 3. The van der Waals surface area contributed by atoms with E-state index in [0.29, 0.717) is 5.56 Å². The molecule has 0 radical (unpaired) electrons. The highest BCUT2D eigenvalue weighted by Gasteiger charge is 2.15. The van der Waals surface area contributed by atoms with E-state index in [1.165, 1.54) is 11.1 Å². The van der Waals surface area contributed by atoms with Gasteiger partial charge in [-0.1, -0.05) is 12.1 Å². The Hall–Kier alpha value is -2.54. The van der Waals surface area contributed by atoms with Crippen molar-refractivity contribution in [2.45, 2.75) is 26.8 Å². The molecule has 22 heavy (non-hydrogen) atoms. The third-order valence-corrected chi connectivity index (χ3v) is 3.97. The molecule has 2 aromatic rings. The molecule has 0 amide bonds. The van der Waals surface area contributed by atoms with Gasteiger partial charge in [-0.15, -0.1) is 0 Å². The number of anilines is 1. The molecule has 1 aliphatic heterocycles. The molecule has 4 heteroatoms. The van der Waals surface area contributed by atoms with E-state index in [-0.39, 0.29) is 0 Å². The van der Waals surface area contributed by atoms with Gasteiger partial charge in [-0.25, -0.2) is 4.98 Å². The first-order valence-corrected chi connectivity index (χ1v) is 7.42. The second-order valence-electron chi connectivity index (χ2n) is 5.79. The zero-order chi connectivity index (χ0) is 15.7. The van der Waals surface area contributed by atoms with E-state index in [2.05, 4.69) is 23.2 Å². The van der Waals surface area contributed by atoms with Crippen molar-refractivity contribution >= 4 is 5.82 Å². The minimum Gasteiger partial charge on any atom is -0.493 e. The summed E-state index contributed by atoms with van der Waals surface area (Å²) in [5.41, 5.74) is 5.02. The van der Waals surface area contributed by atoms with E-state index >= 15 is 0 Å². The van der Waals surface area contributed by atoms with Gasteiger partial charge in [-0.05, 0) is 42.7 Å². The fraction of sp³-hybridized carbons (Fsp3) is 0.333. The number of pyridine rings is 1. The molecule has 2 heterocycles. The lowest BCUT2D eigenvalue weighted by Gasteiger charge is -2.21. The maximum absolute atomic E-state index is 9.40. The summed E-state index contributed by atoms with van der Waals surface area (Å²) < 4.78 is 5.54. The Morgan fingerprint density at radius 2 is 2.14 bits per heavy atom. The number of benzene rings is 1. The Bertz CT molecular complexity index is 762. The van der Waals surface area contributed by atoms with Crippen LogP contribution in [0.2, 0.25) is 0 Å². The lowest BCUT2D eigenvalue weighted by atomic mass is 10.1. The summed E-state index contributed by atoms with van der Waals surface area (Å²) in [4.78, 5) is 6.59. The van der Waals surface area contributed by atoms with Crippen LogP contribution in [0.25, 0.3) is 0 Å². The number of aromatic nitrogens is 1. The molecular formula is C18H19N3O. The molecule has 0 unspecified atom stereocenters. The number of nitriles is 1. The largest absolute Gasteiger partial charge is 0.493 e. The van der Waals surface area contributed by atoms with Gasteiger partial charge < -0.3 is 9.64 Å². The summed E-state index contributed by atoms with van der Waals surface area (Å²) >= 11 is 0. The Morgan fingerprint density at radius 1 is 1.32 bits per heavy atom. The molecule has 0 saturated heterocycles. The number of aryl methyl sites for hydroxylation is 2. The maximum atomic E-state index is 9.40. The predicted molar refractivity (Wildman–Crippen MR) is 86.2 cm³/mol. The van der Waals surface area contributed by atoms with Crippen LogP contribution >= 0.6 is 0 Å². The third-order valence-electron chi connectivity index (χ3n) is 3.97. The first kappa shape index (κ1) is 14.4. The number of hydrogen-bond acceptors (Lipinski definition) is 4. The minimum absolute atomic E-state index is 0.651. The zero-order valence-corrected chi connectivity index (χ0v) is 13.2. The lowest BCUT2D eigenvalue weighted by molar-refractivity contribution is 0.357. The minimum atomic E-state index is 0.651. The second-order valence-corrected chi connectivity index (χ2v) is 5.79. The standard InChI is InChI=1S/C18H19N3O/c1-12-8-13(2)20-18(16(12)10-19)21(3)11-14-4-5-17-15(9-14)6-7-22-17/h4-5,8-9H,6-7,11H2,1-3H3. The Kier molecular flexibility index (Phi) is 3.72. The topological polar surface area (TPSA) is 49.2 Å². The summed E-state index contributed by atoms with van der Waals surface area (Å²) in [7, 11) is 1.98. The van der Waals surface area contributed by atoms with Gasteiger partial charge in [0.1, 0.15) is 17.6 Å². The smallest absolute Gasteiger partial charge is 0.147 e. The fourth-order valence-electron chi connectivity index (χ4n) is 2.92. The highest BCUT2D eigenvalue weighted by atomic mass is 16.5. The lowest BCUT2D eigenvalue weighted by Crippen LogP contribution is -2.20. The summed E-state index contributed by atoms with van der Waals surface area (Å²) in [5.74, 6) is 1.74. The van der Waals surface area contributed by atoms with Crippen LogP contribution in [-0.4, -0.2) is 18.6 Å². The van der Waals surface area contributed by atoms with Crippen molar-refractivity contribution in [2.24, 2.45) is 0 Å². The van der Waals surface area contributed by atoms with Gasteiger partial charge >= 0.3 is 0 Å². The van der Waals surface area contributed by atoms with Crippen LogP contribution in [0.4, 0.5) is 5.82 Å². The van der Waals surface area contributed by atoms with Crippen molar-refractivity contribution in [2.75, 3.05) is 18.6 Å². The summed E-state index contributed by atoms with van der Waals surface area (Å²) in [6, 6.07) is 10.5. The van der Waals surface area contributed by atoms with Gasteiger partial charge in [0, 0.05) is 25.7 Å². The van der Waals surface area contributed by atoms with E-state index in [4.69, 9.17) is 4.74 Å². The Morgan fingerprint density at radius 3 is 2.91 bits per heavy atom. The number of hydrogen-bond donors (Lipinski definition) is 0. The SMILES string of the molecule is Cc1cc(C)c(C#N)c(N(C)Cc2ccc3c(c2)CCO3)n1. The van der Waals surface area contributed by atoms with Crippen LogP contribution in [0.5, 0.6) is 5.75 Å². The van der Waals surface area contributed by atoms with E-state index in [1.54, 1.807) is 0 Å². The summed E-state index contributed by atoms with van der Waals surface area (Å²) in [5, 5.41) is 9.40. The molecule has 1 aliphatic rings. The Balaban J connectivity index is 1.89. The van der Waals surface area contributed by atoms with Crippen LogP contribution < -0.4 is 9.64 Å². The molecule has 0 spiro atoms.